The highest BCUT2D eigenvalue weighted by molar-refractivity contribution is 9.10. The van der Waals surface area contributed by atoms with E-state index >= 15 is 0 Å². The SMILES string of the molecule is Brc1cccc2c1CCCN(c1cnccn1)C2. The summed E-state index contributed by atoms with van der Waals surface area (Å²) >= 11 is 3.65. The van der Waals surface area contributed by atoms with Gasteiger partial charge in [-0.2, -0.15) is 0 Å². The van der Waals surface area contributed by atoms with Crippen LogP contribution in [0.4, 0.5) is 5.82 Å². The molecule has 1 aromatic carbocycles. The van der Waals surface area contributed by atoms with Crippen LogP contribution in [0.15, 0.2) is 41.3 Å². The molecule has 1 aliphatic heterocycles. The topological polar surface area (TPSA) is 29.0 Å². The van der Waals surface area contributed by atoms with E-state index in [2.05, 4.69) is 49.0 Å². The minimum Gasteiger partial charge on any atom is -0.351 e. The summed E-state index contributed by atoms with van der Waals surface area (Å²) < 4.78 is 1.22. The van der Waals surface area contributed by atoms with E-state index in [4.69, 9.17) is 0 Å². The number of halogens is 1. The normalized spacial score (nSPS) is 15.1. The van der Waals surface area contributed by atoms with Gasteiger partial charge in [0.2, 0.25) is 0 Å². The van der Waals surface area contributed by atoms with E-state index in [-0.39, 0.29) is 0 Å². The number of nitrogens with zero attached hydrogens (tertiary/aromatic N) is 3. The molecule has 4 heteroatoms. The fraction of sp³-hybridized carbons (Fsp3) is 0.286. The van der Waals surface area contributed by atoms with E-state index in [1.54, 1.807) is 12.4 Å². The van der Waals surface area contributed by atoms with Gasteiger partial charge in [0.25, 0.3) is 0 Å². The van der Waals surface area contributed by atoms with Crippen LogP contribution in [0, 0.1) is 0 Å². The van der Waals surface area contributed by atoms with Crippen LogP contribution in [-0.4, -0.2) is 16.5 Å². The number of rotatable bonds is 1. The van der Waals surface area contributed by atoms with Crippen LogP contribution in [-0.2, 0) is 13.0 Å². The van der Waals surface area contributed by atoms with Gasteiger partial charge in [-0.1, -0.05) is 28.1 Å². The lowest BCUT2D eigenvalue weighted by Crippen LogP contribution is -2.23. The van der Waals surface area contributed by atoms with Gasteiger partial charge in [-0.25, -0.2) is 4.98 Å². The molecule has 18 heavy (non-hydrogen) atoms. The third-order valence-corrected chi connectivity index (χ3v) is 4.05. The van der Waals surface area contributed by atoms with Crippen LogP contribution < -0.4 is 4.90 Å². The fourth-order valence-electron chi connectivity index (χ4n) is 2.41. The van der Waals surface area contributed by atoms with Crippen molar-refractivity contribution >= 4 is 21.7 Å². The van der Waals surface area contributed by atoms with Gasteiger partial charge in [0.1, 0.15) is 5.82 Å². The number of benzene rings is 1. The highest BCUT2D eigenvalue weighted by atomic mass is 79.9. The van der Waals surface area contributed by atoms with E-state index in [9.17, 15) is 0 Å². The maximum absolute atomic E-state index is 4.39. The van der Waals surface area contributed by atoms with Crippen molar-refractivity contribution in [2.45, 2.75) is 19.4 Å². The van der Waals surface area contributed by atoms with Gasteiger partial charge in [-0.15, -0.1) is 0 Å². The molecule has 0 N–H and O–H groups in total. The second kappa shape index (κ2) is 5.06. The molecule has 92 valence electrons. The highest BCUT2D eigenvalue weighted by Crippen LogP contribution is 2.27. The van der Waals surface area contributed by atoms with E-state index in [0.717, 1.165) is 31.7 Å². The summed E-state index contributed by atoms with van der Waals surface area (Å²) in [6.45, 7) is 1.94. The van der Waals surface area contributed by atoms with Gasteiger partial charge < -0.3 is 4.90 Å². The molecule has 0 saturated carbocycles. The molecule has 1 aliphatic rings. The fourth-order valence-corrected chi connectivity index (χ4v) is 3.02. The maximum atomic E-state index is 4.39. The van der Waals surface area contributed by atoms with Gasteiger partial charge >= 0.3 is 0 Å². The quantitative estimate of drug-likeness (QED) is 0.810. The lowest BCUT2D eigenvalue weighted by Gasteiger charge is -2.21. The van der Waals surface area contributed by atoms with Crippen LogP contribution in [0.5, 0.6) is 0 Å². The smallest absolute Gasteiger partial charge is 0.147 e. The molecular formula is C14H14BrN3. The van der Waals surface area contributed by atoms with Crippen molar-refractivity contribution in [3.05, 3.63) is 52.4 Å². The third-order valence-electron chi connectivity index (χ3n) is 3.31. The summed E-state index contributed by atoms with van der Waals surface area (Å²) in [4.78, 5) is 10.8. The van der Waals surface area contributed by atoms with Crippen molar-refractivity contribution in [1.29, 1.82) is 0 Å². The molecule has 3 nitrogen and oxygen atoms in total. The van der Waals surface area contributed by atoms with Gasteiger partial charge in [-0.3, -0.25) is 4.98 Å². The molecule has 0 aliphatic carbocycles. The zero-order valence-corrected chi connectivity index (χ0v) is 11.6. The zero-order valence-electron chi connectivity index (χ0n) is 10.0. The molecule has 2 heterocycles. The Morgan fingerprint density at radius 3 is 3.00 bits per heavy atom. The molecule has 0 fully saturated rings. The lowest BCUT2D eigenvalue weighted by molar-refractivity contribution is 0.752. The van der Waals surface area contributed by atoms with Crippen LogP contribution >= 0.6 is 15.9 Å². The number of anilines is 1. The van der Waals surface area contributed by atoms with Gasteiger partial charge in [0.15, 0.2) is 0 Å². The van der Waals surface area contributed by atoms with Crippen molar-refractivity contribution in [3.63, 3.8) is 0 Å². The van der Waals surface area contributed by atoms with E-state index < -0.39 is 0 Å². The first kappa shape index (κ1) is 11.7. The van der Waals surface area contributed by atoms with Crippen molar-refractivity contribution in [1.82, 2.24) is 9.97 Å². The Kier molecular flexibility index (Phi) is 3.28. The monoisotopic (exact) mass is 303 g/mol. The molecule has 0 saturated heterocycles. The number of aromatic nitrogens is 2. The Balaban J connectivity index is 1.94. The first-order chi connectivity index (χ1) is 8.84. The van der Waals surface area contributed by atoms with Crippen LogP contribution in [0.3, 0.4) is 0 Å². The largest absolute Gasteiger partial charge is 0.351 e. The minimum atomic E-state index is 0.910. The molecule has 0 radical (unpaired) electrons. The Labute approximate surface area is 115 Å². The van der Waals surface area contributed by atoms with Crippen molar-refractivity contribution in [3.8, 4) is 0 Å². The van der Waals surface area contributed by atoms with E-state index in [0.29, 0.717) is 0 Å². The molecule has 0 atom stereocenters. The molecule has 0 bridgehead atoms. The molecule has 0 amide bonds. The standard InChI is InChI=1S/C14H14BrN3/c15-13-5-1-3-11-10-18(8-2-4-12(11)13)14-9-16-6-7-17-14/h1,3,5-7,9H,2,4,8,10H2. The number of fused-ring (bicyclic) bond motifs is 1. The summed E-state index contributed by atoms with van der Waals surface area (Å²) in [7, 11) is 0. The summed E-state index contributed by atoms with van der Waals surface area (Å²) in [6, 6.07) is 6.43. The number of hydrogen-bond acceptors (Lipinski definition) is 3. The van der Waals surface area contributed by atoms with E-state index in [1.807, 2.05) is 6.20 Å². The molecular weight excluding hydrogens is 290 g/mol. The second-order valence-corrected chi connectivity index (χ2v) is 5.32. The summed E-state index contributed by atoms with van der Waals surface area (Å²) in [5.74, 6) is 0.963. The lowest BCUT2D eigenvalue weighted by atomic mass is 10.0. The van der Waals surface area contributed by atoms with Gasteiger partial charge in [-0.05, 0) is 30.0 Å². The highest BCUT2D eigenvalue weighted by Gasteiger charge is 2.16. The molecule has 1 aromatic heterocycles. The first-order valence-electron chi connectivity index (χ1n) is 6.12. The second-order valence-electron chi connectivity index (χ2n) is 4.47. The number of hydrogen-bond donors (Lipinski definition) is 0. The Morgan fingerprint density at radius 1 is 1.22 bits per heavy atom. The zero-order chi connectivity index (χ0) is 12.4. The van der Waals surface area contributed by atoms with Gasteiger partial charge in [0, 0.05) is 30.0 Å². The Hall–Kier alpha value is -1.42. The van der Waals surface area contributed by atoms with Crippen molar-refractivity contribution in [2.24, 2.45) is 0 Å². The summed E-state index contributed by atoms with van der Waals surface area (Å²) in [5.41, 5.74) is 2.82. The molecule has 0 spiro atoms. The Morgan fingerprint density at radius 2 is 2.17 bits per heavy atom. The predicted molar refractivity (Wildman–Crippen MR) is 75.5 cm³/mol. The van der Waals surface area contributed by atoms with Crippen molar-refractivity contribution < 1.29 is 0 Å². The summed E-state index contributed by atoms with van der Waals surface area (Å²) in [6.07, 6.45) is 7.57. The molecule has 0 unspecified atom stereocenters. The predicted octanol–water partition coefficient (Wildman–Crippen LogP) is 3.19. The average Bonchev–Trinajstić information content (AvgIpc) is 2.63. The summed E-state index contributed by atoms with van der Waals surface area (Å²) in [5, 5.41) is 0. The van der Waals surface area contributed by atoms with Crippen LogP contribution in [0.1, 0.15) is 17.5 Å². The first-order valence-corrected chi connectivity index (χ1v) is 6.91. The molecule has 3 rings (SSSR count). The van der Waals surface area contributed by atoms with Gasteiger partial charge in [0.05, 0.1) is 6.20 Å². The van der Waals surface area contributed by atoms with Crippen molar-refractivity contribution in [2.75, 3.05) is 11.4 Å². The maximum Gasteiger partial charge on any atom is 0.147 e. The van der Waals surface area contributed by atoms with E-state index in [1.165, 1.54) is 15.6 Å². The average molecular weight is 304 g/mol. The minimum absolute atomic E-state index is 0.910. The van der Waals surface area contributed by atoms with Crippen LogP contribution in [0.25, 0.3) is 0 Å². The Bertz CT molecular complexity index is 542. The third kappa shape index (κ3) is 2.25. The molecule has 2 aromatic rings. The van der Waals surface area contributed by atoms with Crippen LogP contribution in [0.2, 0.25) is 0 Å².